The summed E-state index contributed by atoms with van der Waals surface area (Å²) in [6.07, 6.45) is -6.70. The Kier molecular flexibility index (Phi) is 10.2. The van der Waals surface area contributed by atoms with Crippen LogP contribution >= 0.6 is 23.5 Å². The molecule has 2 aromatic rings. The molecule has 1 saturated carbocycles. The van der Waals surface area contributed by atoms with Crippen LogP contribution in [0.25, 0.3) is 11.2 Å². The first-order valence-corrected chi connectivity index (χ1v) is 16.3. The Bertz CT molecular complexity index is 1480. The number of imidazole rings is 1. The lowest BCUT2D eigenvalue weighted by molar-refractivity contribution is -0.158. The zero-order chi connectivity index (χ0) is 31.7. The fourth-order valence-corrected chi connectivity index (χ4v) is 7.65. The molecule has 1 aliphatic carbocycles. The molecule has 0 aromatic carbocycles. The van der Waals surface area contributed by atoms with Crippen LogP contribution in [0.2, 0.25) is 0 Å². The third-order valence-corrected chi connectivity index (χ3v) is 10.1. The van der Waals surface area contributed by atoms with E-state index in [9.17, 15) is 38.4 Å². The minimum absolute atomic E-state index is 0.0170. The Morgan fingerprint density at radius 2 is 1.74 bits per heavy atom. The summed E-state index contributed by atoms with van der Waals surface area (Å²) in [7, 11) is -17.1. The maximum atomic E-state index is 12.3. The van der Waals surface area contributed by atoms with E-state index in [4.69, 9.17) is 35.7 Å². The minimum Gasteiger partial charge on any atom is -0.386 e. The van der Waals surface area contributed by atoms with Crippen molar-refractivity contribution in [2.45, 2.75) is 61.7 Å². The summed E-state index contributed by atoms with van der Waals surface area (Å²) in [4.78, 5) is 76.2. The summed E-state index contributed by atoms with van der Waals surface area (Å²) in [6.45, 7) is -1.05. The van der Waals surface area contributed by atoms with E-state index in [0.717, 1.165) is 6.33 Å². The van der Waals surface area contributed by atoms with Gasteiger partial charge >= 0.3 is 23.5 Å². The number of nitrogen functional groups attached to an aromatic ring is 1. The molecule has 3 heterocycles. The van der Waals surface area contributed by atoms with Gasteiger partial charge in [-0.3, -0.25) is 13.9 Å². The number of anilines is 1. The summed E-state index contributed by atoms with van der Waals surface area (Å²) in [5.41, 5.74) is 6.00. The number of nitrogens with zero attached hydrogens (tertiary/aromatic N) is 6. The third-order valence-electron chi connectivity index (χ3n) is 6.33. The van der Waals surface area contributed by atoms with Gasteiger partial charge in [-0.1, -0.05) is 10.4 Å². The molecule has 0 amide bonds. The molecule has 4 rings (SSSR count). The van der Waals surface area contributed by atoms with Crippen LogP contribution < -0.4 is 11.6 Å². The van der Waals surface area contributed by atoms with Crippen molar-refractivity contribution >= 4 is 40.4 Å². The Morgan fingerprint density at radius 1 is 1.02 bits per heavy atom. The molecule has 24 nitrogen and oxygen atoms in total. The van der Waals surface area contributed by atoms with Crippen LogP contribution in [0.5, 0.6) is 0 Å². The average Bonchev–Trinajstić information content (AvgIpc) is 3.47. The number of aliphatic hydroxyl groups excluding tert-OH is 1. The Balaban J connectivity index is 1.62. The van der Waals surface area contributed by atoms with Crippen LogP contribution in [0, 0.1) is 9.81 Å². The van der Waals surface area contributed by atoms with Crippen LogP contribution in [0.3, 0.4) is 0 Å². The molecular weight excluding hydrogens is 653 g/mol. The highest BCUT2D eigenvalue weighted by Crippen LogP contribution is 2.66. The molecule has 0 radical (unpaired) electrons. The lowest BCUT2D eigenvalue weighted by atomic mass is 9.86. The molecule has 1 aliphatic heterocycles. The molecule has 27 heteroatoms. The summed E-state index contributed by atoms with van der Waals surface area (Å²) in [5, 5.41) is 17.1. The second-order valence-corrected chi connectivity index (χ2v) is 13.6. The highest BCUT2D eigenvalue weighted by Gasteiger charge is 2.52. The normalized spacial score (nSPS) is 32.7. The number of aromatic nitrogens is 4. The Hall–Kier alpha value is -2.24. The van der Waals surface area contributed by atoms with Crippen molar-refractivity contribution in [1.82, 2.24) is 19.5 Å². The molecule has 2 aromatic heterocycles. The van der Waals surface area contributed by atoms with Gasteiger partial charge in [-0.05, 0) is 0 Å². The molecular formula is C16H25N8O16P3. The second kappa shape index (κ2) is 13.0. The van der Waals surface area contributed by atoms with Gasteiger partial charge in [-0.2, -0.15) is 18.4 Å². The lowest BCUT2D eigenvalue weighted by Gasteiger charge is -2.37. The summed E-state index contributed by atoms with van der Waals surface area (Å²) in [5.74, 6) is 5.32. The molecule has 10 atom stereocenters. The minimum atomic E-state index is -5.84. The quantitative estimate of drug-likeness (QED) is 0.0765. The second-order valence-electron chi connectivity index (χ2n) is 9.17. The first-order chi connectivity index (χ1) is 20.1. The molecule has 43 heavy (non-hydrogen) atoms. The van der Waals surface area contributed by atoms with Crippen LogP contribution in [-0.4, -0.2) is 93.4 Å². The van der Waals surface area contributed by atoms with E-state index in [2.05, 4.69) is 38.5 Å². The Morgan fingerprint density at radius 3 is 2.37 bits per heavy atom. The van der Waals surface area contributed by atoms with Crippen LogP contribution in [0.1, 0.15) is 19.1 Å². The van der Waals surface area contributed by atoms with Gasteiger partial charge in [0, 0.05) is 12.8 Å². The average molecular weight is 678 g/mol. The van der Waals surface area contributed by atoms with E-state index in [0.29, 0.717) is 0 Å². The highest BCUT2D eigenvalue weighted by atomic mass is 31.3. The standard InChI is InChI=1S/C16H25N8O16P3/c17-14-10-15(20-4-19-14)24(5-21-10)16-11(25)13(37-12-7(23-27)1-6(22-26)2-8(12)38-18)9(36-16)3-35-42(31,32)40-43(33,34)39-41(28,29)30/h4-9,11-13,16,25H,1-3,18H2,(H,31,32)(H,33,34)(H2,17,19,20)(H2,28,29,30)/t6?,7?,8?,9-,11+,12?,13?,16-/m1/s1. The summed E-state index contributed by atoms with van der Waals surface area (Å²) < 4.78 is 60.0. The van der Waals surface area contributed by atoms with Crippen molar-refractivity contribution in [3.63, 3.8) is 0 Å². The number of hydrogen-bond donors (Lipinski definition) is 7. The number of phosphoric acid groups is 3. The predicted molar refractivity (Wildman–Crippen MR) is 136 cm³/mol. The van der Waals surface area contributed by atoms with Crippen LogP contribution in [0.15, 0.2) is 23.0 Å². The molecule has 0 bridgehead atoms. The molecule has 1 saturated heterocycles. The SMILES string of the molecule is NOC1CC(N=O)CC(N=O)C1OC1[C@@H](COP(=O)(O)OP(=O)(O)OP(=O)(O)O)O[C@@H](n2cnc3c(N)ncnc32)[C@H]1O. The van der Waals surface area contributed by atoms with Gasteiger partial charge in [0.15, 0.2) is 17.7 Å². The van der Waals surface area contributed by atoms with Gasteiger partial charge in [-0.25, -0.2) is 34.5 Å². The van der Waals surface area contributed by atoms with Crippen molar-refractivity contribution in [3.8, 4) is 0 Å². The van der Waals surface area contributed by atoms with E-state index < -0.39 is 78.9 Å². The van der Waals surface area contributed by atoms with Crippen molar-refractivity contribution < 1.29 is 65.8 Å². The fraction of sp³-hybridized carbons (Fsp3) is 0.688. The van der Waals surface area contributed by atoms with E-state index in [1.165, 1.54) is 10.9 Å². The van der Waals surface area contributed by atoms with E-state index >= 15 is 0 Å². The van der Waals surface area contributed by atoms with Crippen molar-refractivity contribution in [1.29, 1.82) is 0 Å². The van der Waals surface area contributed by atoms with Crippen molar-refractivity contribution in [2.24, 2.45) is 16.3 Å². The number of nitroso groups, excluding NO2 is 2. The maximum Gasteiger partial charge on any atom is 0.490 e. The molecule has 240 valence electrons. The monoisotopic (exact) mass is 678 g/mol. The van der Waals surface area contributed by atoms with Crippen molar-refractivity contribution in [3.05, 3.63) is 22.5 Å². The molecule has 0 spiro atoms. The van der Waals surface area contributed by atoms with Crippen molar-refractivity contribution in [2.75, 3.05) is 12.3 Å². The predicted octanol–water partition coefficient (Wildman–Crippen LogP) is -0.913. The number of aliphatic hydroxyl groups is 1. The number of phosphoric ester groups is 1. The van der Waals surface area contributed by atoms with Gasteiger partial charge in [-0.15, -0.1) is 0 Å². The fourth-order valence-electron chi connectivity index (χ4n) is 4.62. The Labute approximate surface area is 239 Å². The maximum absolute atomic E-state index is 12.3. The lowest BCUT2D eigenvalue weighted by Crippen LogP contribution is -2.52. The first-order valence-electron chi connectivity index (χ1n) is 11.8. The summed E-state index contributed by atoms with van der Waals surface area (Å²) >= 11 is 0. The van der Waals surface area contributed by atoms with Crippen LogP contribution in [0.4, 0.5) is 5.82 Å². The zero-order valence-electron chi connectivity index (χ0n) is 21.3. The third kappa shape index (κ3) is 7.89. The largest absolute Gasteiger partial charge is 0.490 e. The molecule has 2 fully saturated rings. The van der Waals surface area contributed by atoms with Gasteiger partial charge < -0.3 is 39.9 Å². The molecule has 2 aliphatic rings. The van der Waals surface area contributed by atoms with E-state index in [1.807, 2.05) is 0 Å². The van der Waals surface area contributed by atoms with Crippen LogP contribution in [-0.2, 0) is 41.2 Å². The zero-order valence-corrected chi connectivity index (χ0v) is 24.0. The van der Waals surface area contributed by atoms with Gasteiger partial charge in [0.05, 0.1) is 19.0 Å². The molecule has 9 N–H and O–H groups in total. The van der Waals surface area contributed by atoms with E-state index in [-0.39, 0.29) is 29.8 Å². The first kappa shape index (κ1) is 33.6. The smallest absolute Gasteiger partial charge is 0.386 e. The highest BCUT2D eigenvalue weighted by molar-refractivity contribution is 7.66. The van der Waals surface area contributed by atoms with Gasteiger partial charge in [0.2, 0.25) is 0 Å². The summed E-state index contributed by atoms with van der Waals surface area (Å²) in [6, 6.07) is -2.17. The van der Waals surface area contributed by atoms with E-state index in [1.54, 1.807) is 0 Å². The molecule has 7 unspecified atom stereocenters. The number of rotatable bonds is 13. The number of ether oxygens (including phenoxy) is 2. The van der Waals surface area contributed by atoms with Gasteiger partial charge in [0.1, 0.15) is 48.4 Å². The number of hydrogen-bond acceptors (Lipinski definition) is 19. The number of fused-ring (bicyclic) bond motifs is 1. The topological polar surface area (TPSA) is 362 Å². The van der Waals surface area contributed by atoms with Gasteiger partial charge in [0.25, 0.3) is 0 Å². The number of nitrogens with two attached hydrogens (primary N) is 2.